The summed E-state index contributed by atoms with van der Waals surface area (Å²) in [6.07, 6.45) is 6.14. The first kappa shape index (κ1) is 16.2. The maximum atomic E-state index is 12.6. The van der Waals surface area contributed by atoms with Crippen molar-refractivity contribution in [3.63, 3.8) is 0 Å². The highest BCUT2D eigenvalue weighted by molar-refractivity contribution is 5.79. The third-order valence-electron chi connectivity index (χ3n) is 5.31. The van der Waals surface area contributed by atoms with Crippen molar-refractivity contribution in [2.45, 2.75) is 44.1 Å². The minimum atomic E-state index is 0.116. The van der Waals surface area contributed by atoms with Crippen LogP contribution in [0.5, 0.6) is 0 Å². The summed E-state index contributed by atoms with van der Waals surface area (Å²) in [6.45, 7) is 1.49. The van der Waals surface area contributed by atoms with Crippen LogP contribution in [0.2, 0.25) is 0 Å². The van der Waals surface area contributed by atoms with Crippen LogP contribution in [0.1, 0.15) is 43.9 Å². The van der Waals surface area contributed by atoms with Gasteiger partial charge < -0.3 is 15.2 Å². The Labute approximate surface area is 146 Å². The van der Waals surface area contributed by atoms with Gasteiger partial charge in [0.1, 0.15) is 5.69 Å². The number of hydrogen-bond donors (Lipinski definition) is 1. The van der Waals surface area contributed by atoms with Gasteiger partial charge in [-0.15, -0.1) is 0 Å². The van der Waals surface area contributed by atoms with Crippen molar-refractivity contribution in [1.29, 1.82) is 0 Å². The Bertz CT molecular complexity index is 724. The van der Waals surface area contributed by atoms with Gasteiger partial charge in [-0.2, -0.15) is 4.98 Å². The second kappa shape index (κ2) is 6.92. The molecule has 0 aromatic carbocycles. The van der Waals surface area contributed by atoms with E-state index in [-0.39, 0.29) is 23.8 Å². The summed E-state index contributed by atoms with van der Waals surface area (Å²) in [5.74, 6) is 1.77. The van der Waals surface area contributed by atoms with Crippen molar-refractivity contribution in [2.75, 3.05) is 13.1 Å². The highest BCUT2D eigenvalue weighted by Gasteiger charge is 2.34. The first-order valence-corrected chi connectivity index (χ1v) is 9.00. The lowest BCUT2D eigenvalue weighted by Crippen LogP contribution is -2.41. The fourth-order valence-electron chi connectivity index (χ4n) is 3.85. The van der Waals surface area contributed by atoms with Crippen molar-refractivity contribution in [2.24, 2.45) is 11.7 Å². The van der Waals surface area contributed by atoms with E-state index in [1.807, 2.05) is 23.1 Å². The van der Waals surface area contributed by atoms with E-state index in [4.69, 9.17) is 10.3 Å². The highest BCUT2D eigenvalue weighted by Crippen LogP contribution is 2.31. The molecule has 2 fully saturated rings. The molecule has 1 saturated heterocycles. The summed E-state index contributed by atoms with van der Waals surface area (Å²) in [5, 5.41) is 4.04. The second-order valence-corrected chi connectivity index (χ2v) is 7.04. The number of piperidine rings is 1. The molecule has 2 unspecified atom stereocenters. The zero-order chi connectivity index (χ0) is 17.2. The van der Waals surface area contributed by atoms with Crippen LogP contribution in [-0.2, 0) is 4.79 Å². The maximum absolute atomic E-state index is 12.6. The highest BCUT2D eigenvalue weighted by atomic mass is 16.5. The van der Waals surface area contributed by atoms with Crippen LogP contribution in [0.3, 0.4) is 0 Å². The molecule has 2 atom stereocenters. The lowest BCUT2D eigenvalue weighted by atomic mass is 9.95. The van der Waals surface area contributed by atoms with E-state index in [1.165, 1.54) is 0 Å². The van der Waals surface area contributed by atoms with E-state index in [0.29, 0.717) is 17.4 Å². The Morgan fingerprint density at radius 2 is 2.04 bits per heavy atom. The van der Waals surface area contributed by atoms with E-state index in [2.05, 4.69) is 15.1 Å². The topological polar surface area (TPSA) is 98.1 Å². The predicted octanol–water partition coefficient (Wildman–Crippen LogP) is 1.97. The smallest absolute Gasteiger partial charge is 0.230 e. The Kier molecular flexibility index (Phi) is 4.48. The molecule has 2 aliphatic rings. The fraction of sp³-hybridized carbons (Fsp3) is 0.556. The van der Waals surface area contributed by atoms with Crippen LogP contribution < -0.4 is 5.73 Å². The summed E-state index contributed by atoms with van der Waals surface area (Å²) in [5.41, 5.74) is 6.65. The molecule has 0 spiro atoms. The number of rotatable bonds is 3. The lowest BCUT2D eigenvalue weighted by Gasteiger charge is -2.32. The number of pyridine rings is 1. The van der Waals surface area contributed by atoms with E-state index in [1.54, 1.807) is 6.20 Å². The Balaban J connectivity index is 1.36. The van der Waals surface area contributed by atoms with E-state index < -0.39 is 0 Å². The SMILES string of the molecule is NC1CCC(C(=O)N2CCC(c3nc(-c4ccccn4)no3)CC2)C1. The predicted molar refractivity (Wildman–Crippen MR) is 91.4 cm³/mol. The molecule has 4 rings (SSSR count). The molecule has 1 aliphatic heterocycles. The van der Waals surface area contributed by atoms with Gasteiger partial charge in [-0.05, 0) is 44.2 Å². The maximum Gasteiger partial charge on any atom is 0.230 e. The van der Waals surface area contributed by atoms with Crippen molar-refractivity contribution in [3.05, 3.63) is 30.3 Å². The number of nitrogens with two attached hydrogens (primary N) is 1. The van der Waals surface area contributed by atoms with Gasteiger partial charge in [0.15, 0.2) is 0 Å². The van der Waals surface area contributed by atoms with Crippen LogP contribution in [0.4, 0.5) is 0 Å². The van der Waals surface area contributed by atoms with Gasteiger partial charge in [0, 0.05) is 37.2 Å². The number of amides is 1. The quantitative estimate of drug-likeness (QED) is 0.916. The Morgan fingerprint density at radius 1 is 1.20 bits per heavy atom. The van der Waals surface area contributed by atoms with Crippen LogP contribution in [0.25, 0.3) is 11.5 Å². The zero-order valence-electron chi connectivity index (χ0n) is 14.2. The molecule has 2 aromatic heterocycles. The molecule has 7 heteroatoms. The summed E-state index contributed by atoms with van der Waals surface area (Å²) in [6, 6.07) is 5.81. The summed E-state index contributed by atoms with van der Waals surface area (Å²) < 4.78 is 5.45. The number of aromatic nitrogens is 3. The summed E-state index contributed by atoms with van der Waals surface area (Å²) in [7, 11) is 0. The molecule has 0 bridgehead atoms. The Hall–Kier alpha value is -2.28. The van der Waals surface area contributed by atoms with Gasteiger partial charge >= 0.3 is 0 Å². The van der Waals surface area contributed by atoms with Gasteiger partial charge in [0.2, 0.25) is 17.6 Å². The molecule has 7 nitrogen and oxygen atoms in total. The van der Waals surface area contributed by atoms with Gasteiger partial charge in [-0.3, -0.25) is 9.78 Å². The largest absolute Gasteiger partial charge is 0.342 e. The first-order valence-electron chi connectivity index (χ1n) is 9.00. The van der Waals surface area contributed by atoms with Crippen LogP contribution in [0.15, 0.2) is 28.9 Å². The van der Waals surface area contributed by atoms with Crippen molar-refractivity contribution < 1.29 is 9.32 Å². The summed E-state index contributed by atoms with van der Waals surface area (Å²) in [4.78, 5) is 23.3. The average molecular weight is 341 g/mol. The number of carbonyl (C=O) groups is 1. The minimum absolute atomic E-state index is 0.116. The molecular weight excluding hydrogens is 318 g/mol. The Morgan fingerprint density at radius 3 is 2.72 bits per heavy atom. The number of likely N-dealkylation sites (tertiary alicyclic amines) is 1. The lowest BCUT2D eigenvalue weighted by molar-refractivity contribution is -0.136. The number of nitrogens with zero attached hydrogens (tertiary/aromatic N) is 4. The number of carbonyl (C=O) groups excluding carboxylic acids is 1. The third-order valence-corrected chi connectivity index (χ3v) is 5.31. The van der Waals surface area contributed by atoms with Crippen LogP contribution in [0, 0.1) is 5.92 Å². The molecule has 0 radical (unpaired) electrons. The molecule has 1 saturated carbocycles. The minimum Gasteiger partial charge on any atom is -0.342 e. The monoisotopic (exact) mass is 341 g/mol. The molecular formula is C18H23N5O2. The van der Waals surface area contributed by atoms with Crippen LogP contribution in [-0.4, -0.2) is 45.1 Å². The summed E-state index contributed by atoms with van der Waals surface area (Å²) >= 11 is 0. The van der Waals surface area contributed by atoms with Gasteiger partial charge in [-0.25, -0.2) is 0 Å². The molecule has 132 valence electrons. The van der Waals surface area contributed by atoms with E-state index >= 15 is 0 Å². The number of hydrogen-bond acceptors (Lipinski definition) is 6. The van der Waals surface area contributed by atoms with Crippen molar-refractivity contribution in [1.82, 2.24) is 20.0 Å². The average Bonchev–Trinajstić information content (AvgIpc) is 3.31. The van der Waals surface area contributed by atoms with Gasteiger partial charge in [0.25, 0.3) is 0 Å². The van der Waals surface area contributed by atoms with Crippen LogP contribution >= 0.6 is 0 Å². The second-order valence-electron chi connectivity index (χ2n) is 7.04. The van der Waals surface area contributed by atoms with Crippen molar-refractivity contribution >= 4 is 5.91 Å². The first-order chi connectivity index (χ1) is 12.2. The van der Waals surface area contributed by atoms with Gasteiger partial charge in [-0.1, -0.05) is 11.2 Å². The third kappa shape index (κ3) is 3.42. The molecule has 2 aromatic rings. The van der Waals surface area contributed by atoms with Crippen molar-refractivity contribution in [3.8, 4) is 11.5 Å². The molecule has 25 heavy (non-hydrogen) atoms. The molecule has 1 amide bonds. The molecule has 1 aliphatic carbocycles. The van der Waals surface area contributed by atoms with E-state index in [9.17, 15) is 4.79 Å². The molecule has 3 heterocycles. The van der Waals surface area contributed by atoms with Gasteiger partial charge in [0.05, 0.1) is 0 Å². The fourth-order valence-corrected chi connectivity index (χ4v) is 3.85. The zero-order valence-corrected chi connectivity index (χ0v) is 14.2. The molecule has 2 N–H and O–H groups in total. The van der Waals surface area contributed by atoms with E-state index in [0.717, 1.165) is 45.2 Å². The standard InChI is InChI=1S/C18H23N5O2/c19-14-5-4-13(11-14)18(24)23-9-6-12(7-10-23)17-21-16(22-25-17)15-3-1-2-8-20-15/h1-3,8,12-14H,4-7,9-11,19H2. The normalized spacial score (nSPS) is 24.6.